The molecule has 7 atom stereocenters. The first kappa shape index (κ1) is 18.7. The van der Waals surface area contributed by atoms with Crippen molar-refractivity contribution < 1.29 is 18.8 Å². The number of hydrogen-bond donors (Lipinski definition) is 0. The van der Waals surface area contributed by atoms with Gasteiger partial charge in [-0.15, -0.1) is 0 Å². The monoisotopic (exact) mass is 364 g/mol. The van der Waals surface area contributed by atoms with Crippen LogP contribution < -0.4 is 0 Å². The fraction of sp³-hybridized carbons (Fsp3) is 0.955. The van der Waals surface area contributed by atoms with Gasteiger partial charge in [0.1, 0.15) is 17.6 Å². The van der Waals surface area contributed by atoms with Crippen LogP contribution in [0.15, 0.2) is 0 Å². The van der Waals surface area contributed by atoms with Gasteiger partial charge in [0, 0.05) is 11.8 Å². The van der Waals surface area contributed by atoms with Crippen molar-refractivity contribution in [1.82, 2.24) is 0 Å². The normalized spacial score (nSPS) is 47.0. The lowest BCUT2D eigenvalue weighted by atomic mass is 9.55. The zero-order chi connectivity index (χ0) is 18.7. The highest BCUT2D eigenvalue weighted by molar-refractivity contribution is 5.77. The van der Waals surface area contributed by atoms with Gasteiger partial charge in [0.25, 0.3) is 0 Å². The van der Waals surface area contributed by atoms with Crippen molar-refractivity contribution in [3.8, 4) is 0 Å². The maximum atomic E-state index is 13.1. The molecule has 148 valence electrons. The molecule has 4 aliphatic rings. The molecule has 0 N–H and O–H groups in total. The van der Waals surface area contributed by atoms with Gasteiger partial charge in [0.05, 0.1) is 32.8 Å². The Morgan fingerprint density at radius 1 is 1.15 bits per heavy atom. The Kier molecular flexibility index (Phi) is 4.47. The minimum absolute atomic E-state index is 0.0352. The van der Waals surface area contributed by atoms with Crippen molar-refractivity contribution in [3.63, 3.8) is 0 Å². The van der Waals surface area contributed by atoms with E-state index in [1.165, 1.54) is 25.7 Å². The first-order valence-electron chi connectivity index (χ1n) is 11.0. The van der Waals surface area contributed by atoms with Gasteiger partial charge in [-0.05, 0) is 51.4 Å². The van der Waals surface area contributed by atoms with E-state index in [4.69, 9.17) is 9.47 Å². The lowest BCUT2D eigenvalue weighted by Gasteiger charge is -2.50. The molecule has 0 amide bonds. The molecule has 0 radical (unpaired) electrons. The highest BCUT2D eigenvalue weighted by atomic mass is 16.7. The molecule has 1 unspecified atom stereocenters. The van der Waals surface area contributed by atoms with Crippen LogP contribution in [0.3, 0.4) is 0 Å². The molecule has 2 saturated heterocycles. The molecule has 4 heteroatoms. The molecule has 2 saturated carbocycles. The van der Waals surface area contributed by atoms with Gasteiger partial charge in [0.2, 0.25) is 0 Å². The van der Waals surface area contributed by atoms with Crippen LogP contribution in [0.5, 0.6) is 0 Å². The van der Waals surface area contributed by atoms with Crippen LogP contribution in [-0.2, 0) is 14.3 Å². The number of rotatable bonds is 6. The van der Waals surface area contributed by atoms with E-state index >= 15 is 0 Å². The van der Waals surface area contributed by atoms with Crippen LogP contribution in [-0.4, -0.2) is 54.9 Å². The van der Waals surface area contributed by atoms with Gasteiger partial charge in [-0.2, -0.15) is 0 Å². The number of carbonyl (C=O) groups excluding carboxylic acids is 1. The first-order chi connectivity index (χ1) is 12.2. The highest BCUT2D eigenvalue weighted by Gasteiger charge is 2.77. The van der Waals surface area contributed by atoms with Gasteiger partial charge in [-0.3, -0.25) is 4.79 Å². The second-order valence-corrected chi connectivity index (χ2v) is 10.5. The maximum absolute atomic E-state index is 13.1. The summed E-state index contributed by atoms with van der Waals surface area (Å²) in [5, 5.41) is 0. The third-order valence-electron chi connectivity index (χ3n) is 8.15. The Morgan fingerprint density at radius 3 is 2.65 bits per heavy atom. The first-order valence-corrected chi connectivity index (χ1v) is 11.0. The van der Waals surface area contributed by atoms with Gasteiger partial charge in [-0.1, -0.05) is 20.3 Å². The number of carbonyl (C=O) groups is 1. The van der Waals surface area contributed by atoms with Crippen molar-refractivity contribution in [2.75, 3.05) is 27.2 Å². The number of hydrogen-bond acceptors (Lipinski definition) is 3. The maximum Gasteiger partial charge on any atom is 0.315 e. The van der Waals surface area contributed by atoms with E-state index in [1.807, 2.05) is 0 Å². The number of nitrogens with zero attached hydrogens (tertiary/aromatic N) is 1. The third kappa shape index (κ3) is 2.74. The molecule has 26 heavy (non-hydrogen) atoms. The van der Waals surface area contributed by atoms with Crippen LogP contribution in [0.25, 0.3) is 0 Å². The summed E-state index contributed by atoms with van der Waals surface area (Å²) < 4.78 is 13.5. The van der Waals surface area contributed by atoms with Crippen LogP contribution in [0, 0.1) is 23.7 Å². The molecule has 2 aliphatic carbocycles. The zero-order valence-corrected chi connectivity index (χ0v) is 17.4. The molecule has 0 aromatic heterocycles. The minimum atomic E-state index is -0.324. The van der Waals surface area contributed by atoms with Crippen LogP contribution in [0.1, 0.15) is 65.7 Å². The number of quaternary nitrogens is 1. The number of ether oxygens (including phenoxy) is 2. The average molecular weight is 365 g/mol. The Morgan fingerprint density at radius 2 is 1.92 bits per heavy atom. The molecule has 2 heterocycles. The van der Waals surface area contributed by atoms with E-state index in [2.05, 4.69) is 34.9 Å². The van der Waals surface area contributed by atoms with E-state index < -0.39 is 0 Å². The predicted octanol–water partition coefficient (Wildman–Crippen LogP) is 3.78. The van der Waals surface area contributed by atoms with Crippen molar-refractivity contribution in [2.45, 2.75) is 83.0 Å². The molecule has 4 nitrogen and oxygen atoms in total. The second kappa shape index (κ2) is 6.20. The fourth-order valence-electron chi connectivity index (χ4n) is 6.67. The number of fused-ring (bicyclic) bond motifs is 1. The summed E-state index contributed by atoms with van der Waals surface area (Å²) in [5.41, 5.74) is -0.359. The number of epoxide rings is 1. The summed E-state index contributed by atoms with van der Waals surface area (Å²) in [7, 11) is 4.57. The van der Waals surface area contributed by atoms with E-state index in [0.717, 1.165) is 36.8 Å². The van der Waals surface area contributed by atoms with E-state index in [9.17, 15) is 4.79 Å². The van der Waals surface area contributed by atoms with Gasteiger partial charge >= 0.3 is 5.97 Å². The smallest absolute Gasteiger partial charge is 0.315 e. The van der Waals surface area contributed by atoms with Gasteiger partial charge < -0.3 is 14.0 Å². The molecule has 4 rings (SSSR count). The molecule has 1 spiro atoms. The van der Waals surface area contributed by atoms with Crippen LogP contribution in [0.2, 0.25) is 0 Å². The summed E-state index contributed by atoms with van der Waals surface area (Å²) in [4.78, 5) is 13.1. The fourth-order valence-corrected chi connectivity index (χ4v) is 6.67. The number of unbranched alkanes of at least 4 members (excludes halogenated alkanes) is 2. The summed E-state index contributed by atoms with van der Waals surface area (Å²) in [6, 6.07) is 0. The Hall–Kier alpha value is -0.610. The second-order valence-electron chi connectivity index (χ2n) is 10.5. The summed E-state index contributed by atoms with van der Waals surface area (Å²) in [5.74, 6) is 1.60. The lowest BCUT2D eigenvalue weighted by molar-refractivity contribution is -0.893. The quantitative estimate of drug-likeness (QED) is 0.312. The van der Waals surface area contributed by atoms with Gasteiger partial charge in [0.15, 0.2) is 0 Å². The Labute approximate surface area is 159 Å². The summed E-state index contributed by atoms with van der Waals surface area (Å²) in [6.07, 6.45) is 8.54. The van der Waals surface area contributed by atoms with E-state index in [0.29, 0.717) is 17.8 Å². The van der Waals surface area contributed by atoms with E-state index in [1.54, 1.807) is 0 Å². The van der Waals surface area contributed by atoms with Crippen molar-refractivity contribution in [3.05, 3.63) is 0 Å². The Bertz CT molecular complexity index is 576. The standard InChI is InChI=1S/C22H38NO3/c1-6-7-8-13-23(4,5)14-16-18-10-9-15(2)17-11-12-21(3)20(26-21)22(17,18)25-19(16)24/h15-18,20H,6-14H2,1-5H3/q+1/t15-,16?,17+,18+,20-,21-,22-/m1/s1. The summed E-state index contributed by atoms with van der Waals surface area (Å²) in [6.45, 7) is 8.90. The molecule has 0 bridgehead atoms. The largest absolute Gasteiger partial charge is 0.455 e. The Balaban J connectivity index is 1.57. The van der Waals surface area contributed by atoms with Crippen LogP contribution >= 0.6 is 0 Å². The summed E-state index contributed by atoms with van der Waals surface area (Å²) >= 11 is 0. The molecule has 0 aromatic rings. The van der Waals surface area contributed by atoms with E-state index in [-0.39, 0.29) is 29.2 Å². The predicted molar refractivity (Wildman–Crippen MR) is 102 cm³/mol. The molecule has 4 fully saturated rings. The minimum Gasteiger partial charge on any atom is -0.455 e. The molecular weight excluding hydrogens is 326 g/mol. The molecular formula is C22H38NO3+. The van der Waals surface area contributed by atoms with Crippen molar-refractivity contribution in [1.29, 1.82) is 0 Å². The molecule has 0 aromatic carbocycles. The van der Waals surface area contributed by atoms with Crippen molar-refractivity contribution >= 4 is 5.97 Å². The van der Waals surface area contributed by atoms with Crippen molar-refractivity contribution in [2.24, 2.45) is 23.7 Å². The van der Waals surface area contributed by atoms with Gasteiger partial charge in [-0.25, -0.2) is 0 Å². The third-order valence-corrected chi connectivity index (χ3v) is 8.15. The topological polar surface area (TPSA) is 38.8 Å². The lowest BCUT2D eigenvalue weighted by Crippen LogP contribution is -2.59. The zero-order valence-electron chi connectivity index (χ0n) is 17.4. The average Bonchev–Trinajstić information content (AvgIpc) is 3.19. The number of esters is 1. The molecule has 2 aliphatic heterocycles. The SMILES string of the molecule is CCCCC[N+](C)(C)CC1C(=O)O[C@@]23[C@H]1CC[C@@H](C)[C@@H]2CC[C@@]1(C)O[C@@H]31. The van der Waals surface area contributed by atoms with Crippen LogP contribution in [0.4, 0.5) is 0 Å². The highest BCUT2D eigenvalue weighted by Crippen LogP contribution is 2.66.